The molecule has 2 saturated heterocycles. The summed E-state index contributed by atoms with van der Waals surface area (Å²) in [6, 6.07) is 11.2. The molecule has 1 aromatic carbocycles. The van der Waals surface area contributed by atoms with Crippen LogP contribution in [0.25, 0.3) is 0 Å². The number of fused-ring (bicyclic) bond motifs is 1. The Kier molecular flexibility index (Phi) is 10.3. The third kappa shape index (κ3) is 8.35. The topological polar surface area (TPSA) is 55.4 Å². The van der Waals surface area contributed by atoms with Crippen molar-refractivity contribution in [3.05, 3.63) is 35.9 Å². The van der Waals surface area contributed by atoms with Gasteiger partial charge in [-0.3, -0.25) is 0 Å². The zero-order valence-corrected chi connectivity index (χ0v) is 29.9. The lowest BCUT2D eigenvalue weighted by Gasteiger charge is -2.54. The molecule has 0 N–H and O–H groups in total. The van der Waals surface area contributed by atoms with Crippen molar-refractivity contribution >= 4 is 24.7 Å². The summed E-state index contributed by atoms with van der Waals surface area (Å²) in [4.78, 5) is 0. The number of benzene rings is 1. The quantitative estimate of drug-likeness (QED) is 0.270. The van der Waals surface area contributed by atoms with Gasteiger partial charge < -0.3 is 27.8 Å². The van der Waals surface area contributed by atoms with Crippen LogP contribution in [0, 0.1) is 0 Å². The lowest BCUT2D eigenvalue weighted by atomic mass is 9.98. The second-order valence-corrected chi connectivity index (χ2v) is 30.7. The molecular weight excluding hydrogens is 541 g/mol. The van der Waals surface area contributed by atoms with Gasteiger partial charge in [-0.2, -0.15) is 0 Å². The van der Waals surface area contributed by atoms with E-state index in [2.05, 4.69) is 87.4 Å². The standard InChI is InChI=1S/C30H56O6Si3/c1-29(2,3)38(10,11)35-25-24-23(21-32-27(34-24)22-17-15-14-16-18-22)33-28(31-19-20-37(7,8)9)26(25)36-39(12,13)30(4,5)6/h14-18,23-28H,19-21H2,1-13H3/t23-,24+,25+,26-,27?,28-/m1/s1. The zero-order chi connectivity index (χ0) is 29.4. The molecule has 2 aliphatic rings. The maximum absolute atomic E-state index is 7.25. The van der Waals surface area contributed by atoms with E-state index in [9.17, 15) is 0 Å². The van der Waals surface area contributed by atoms with E-state index in [1.54, 1.807) is 0 Å². The largest absolute Gasteiger partial charge is 0.408 e. The van der Waals surface area contributed by atoms with Crippen molar-refractivity contribution < 1.29 is 27.8 Å². The second-order valence-electron chi connectivity index (χ2n) is 15.6. The highest BCUT2D eigenvalue weighted by atomic mass is 28.4. The van der Waals surface area contributed by atoms with Crippen LogP contribution in [0.1, 0.15) is 53.4 Å². The van der Waals surface area contributed by atoms with Gasteiger partial charge in [-0.1, -0.05) is 91.5 Å². The van der Waals surface area contributed by atoms with Gasteiger partial charge in [0.15, 0.2) is 29.2 Å². The SMILES string of the molecule is CC(C)(C)[Si](C)(C)O[C@H]1[C@H]2OC(c3ccccc3)OC[C@H]2O[C@@H](OCC[Si](C)(C)C)[C@@H]1O[Si](C)(C)C(C)(C)C. The van der Waals surface area contributed by atoms with Gasteiger partial charge in [0.25, 0.3) is 0 Å². The predicted molar refractivity (Wildman–Crippen MR) is 167 cm³/mol. The molecule has 2 aliphatic heterocycles. The Hall–Kier alpha value is -0.369. The molecule has 0 saturated carbocycles. The minimum Gasteiger partial charge on any atom is -0.408 e. The number of ether oxygens (including phenoxy) is 4. The first-order valence-corrected chi connectivity index (χ1v) is 24.2. The van der Waals surface area contributed by atoms with Crippen LogP contribution in [0.5, 0.6) is 0 Å². The summed E-state index contributed by atoms with van der Waals surface area (Å²) in [6.07, 6.45) is -2.35. The van der Waals surface area contributed by atoms with Crippen LogP contribution in [-0.2, 0) is 27.8 Å². The van der Waals surface area contributed by atoms with E-state index < -0.39 is 43.4 Å². The molecule has 1 unspecified atom stereocenters. The lowest BCUT2D eigenvalue weighted by molar-refractivity contribution is -0.356. The van der Waals surface area contributed by atoms with Crippen molar-refractivity contribution in [1.82, 2.24) is 0 Å². The first kappa shape index (κ1) is 33.1. The Morgan fingerprint density at radius 3 is 1.82 bits per heavy atom. The predicted octanol–water partition coefficient (Wildman–Crippen LogP) is 7.96. The molecular formula is C30H56O6Si3. The molecule has 3 rings (SSSR count). The highest BCUT2D eigenvalue weighted by molar-refractivity contribution is 6.76. The van der Waals surface area contributed by atoms with Crippen molar-refractivity contribution in [3.63, 3.8) is 0 Å². The first-order valence-electron chi connectivity index (χ1n) is 14.7. The smallest absolute Gasteiger partial charge is 0.192 e. The van der Waals surface area contributed by atoms with Gasteiger partial charge in [0.2, 0.25) is 0 Å². The van der Waals surface area contributed by atoms with Crippen molar-refractivity contribution in [2.24, 2.45) is 0 Å². The summed E-state index contributed by atoms with van der Waals surface area (Å²) in [5, 5.41) is 0.0534. The Morgan fingerprint density at radius 2 is 1.31 bits per heavy atom. The molecule has 39 heavy (non-hydrogen) atoms. The zero-order valence-electron chi connectivity index (χ0n) is 26.9. The van der Waals surface area contributed by atoms with E-state index >= 15 is 0 Å². The molecule has 0 amide bonds. The summed E-state index contributed by atoms with van der Waals surface area (Å²) in [5.41, 5.74) is 0.998. The van der Waals surface area contributed by atoms with Crippen LogP contribution in [0.3, 0.4) is 0 Å². The summed E-state index contributed by atoms with van der Waals surface area (Å²) in [6.45, 7) is 31.0. The fraction of sp³-hybridized carbons (Fsp3) is 0.800. The first-order chi connectivity index (χ1) is 17.7. The fourth-order valence-corrected chi connectivity index (χ4v) is 7.55. The molecule has 6 atom stereocenters. The highest BCUT2D eigenvalue weighted by Gasteiger charge is 2.56. The third-order valence-electron chi connectivity index (χ3n) is 8.96. The average molecular weight is 597 g/mol. The van der Waals surface area contributed by atoms with E-state index in [1.165, 1.54) is 0 Å². The monoisotopic (exact) mass is 596 g/mol. The van der Waals surface area contributed by atoms with Crippen LogP contribution in [0.15, 0.2) is 30.3 Å². The molecule has 0 spiro atoms. The molecule has 9 heteroatoms. The van der Waals surface area contributed by atoms with Crippen LogP contribution < -0.4 is 0 Å². The van der Waals surface area contributed by atoms with Gasteiger partial charge in [0, 0.05) is 20.2 Å². The maximum atomic E-state index is 7.25. The maximum Gasteiger partial charge on any atom is 0.192 e. The molecule has 0 bridgehead atoms. The van der Waals surface area contributed by atoms with Crippen LogP contribution >= 0.6 is 0 Å². The Labute approximate surface area is 241 Å². The molecule has 1 aromatic rings. The van der Waals surface area contributed by atoms with E-state index in [0.717, 1.165) is 11.6 Å². The Morgan fingerprint density at radius 1 is 0.769 bits per heavy atom. The Balaban J connectivity index is 2.02. The minimum atomic E-state index is -2.21. The molecule has 0 radical (unpaired) electrons. The van der Waals surface area contributed by atoms with Crippen molar-refractivity contribution in [3.8, 4) is 0 Å². The van der Waals surface area contributed by atoms with Crippen LogP contribution in [0.2, 0.25) is 61.9 Å². The van der Waals surface area contributed by atoms with E-state index in [-0.39, 0.29) is 28.4 Å². The molecule has 2 heterocycles. The second kappa shape index (κ2) is 12.1. The van der Waals surface area contributed by atoms with Gasteiger partial charge in [0.1, 0.15) is 24.4 Å². The number of hydrogen-bond donors (Lipinski definition) is 0. The lowest BCUT2D eigenvalue weighted by Crippen LogP contribution is -2.68. The molecule has 224 valence electrons. The van der Waals surface area contributed by atoms with E-state index in [4.69, 9.17) is 27.8 Å². The summed E-state index contributed by atoms with van der Waals surface area (Å²) in [7, 11) is -5.71. The summed E-state index contributed by atoms with van der Waals surface area (Å²) >= 11 is 0. The van der Waals surface area contributed by atoms with Crippen LogP contribution in [-0.4, -0.2) is 68.6 Å². The minimum absolute atomic E-state index is 0.0252. The van der Waals surface area contributed by atoms with Crippen molar-refractivity contribution in [2.75, 3.05) is 13.2 Å². The Bertz CT molecular complexity index is 919. The molecule has 2 fully saturated rings. The van der Waals surface area contributed by atoms with Gasteiger partial charge in [0.05, 0.1) is 6.61 Å². The van der Waals surface area contributed by atoms with Crippen LogP contribution in [0.4, 0.5) is 0 Å². The summed E-state index contributed by atoms with van der Waals surface area (Å²) < 4.78 is 40.6. The van der Waals surface area contributed by atoms with Gasteiger partial charge in [-0.05, 0) is 42.3 Å². The van der Waals surface area contributed by atoms with E-state index in [1.807, 2.05) is 30.3 Å². The summed E-state index contributed by atoms with van der Waals surface area (Å²) in [5.74, 6) is 0. The van der Waals surface area contributed by atoms with E-state index in [0.29, 0.717) is 13.2 Å². The normalized spacial score (nSPS) is 29.3. The average Bonchev–Trinajstić information content (AvgIpc) is 2.79. The molecule has 0 aromatic heterocycles. The van der Waals surface area contributed by atoms with Gasteiger partial charge in [-0.25, -0.2) is 0 Å². The fourth-order valence-electron chi connectivity index (χ4n) is 4.24. The molecule has 0 aliphatic carbocycles. The van der Waals surface area contributed by atoms with Crippen molar-refractivity contribution in [1.29, 1.82) is 0 Å². The third-order valence-corrected chi connectivity index (χ3v) is 19.6. The number of hydrogen-bond acceptors (Lipinski definition) is 6. The molecule has 6 nitrogen and oxygen atoms in total. The van der Waals surface area contributed by atoms with Gasteiger partial charge >= 0.3 is 0 Å². The van der Waals surface area contributed by atoms with Crippen molar-refractivity contribution in [2.45, 2.75) is 140 Å². The highest BCUT2D eigenvalue weighted by Crippen LogP contribution is 2.45. The van der Waals surface area contributed by atoms with Gasteiger partial charge in [-0.15, -0.1) is 0 Å². The number of rotatable bonds is 9.